The lowest BCUT2D eigenvalue weighted by atomic mass is 10.1. The number of aromatic amines is 1. The van der Waals surface area contributed by atoms with Crippen LogP contribution in [-0.4, -0.2) is 27.2 Å². The van der Waals surface area contributed by atoms with Crippen LogP contribution < -0.4 is 11.1 Å². The molecule has 0 bridgehead atoms. The molecule has 7 nitrogen and oxygen atoms in total. The summed E-state index contributed by atoms with van der Waals surface area (Å²) in [4.78, 5) is 30.2. The van der Waals surface area contributed by atoms with Crippen molar-refractivity contribution < 1.29 is 9.90 Å². The molecule has 0 saturated heterocycles. The highest BCUT2D eigenvalue weighted by Crippen LogP contribution is 2.32. The first-order valence-electron chi connectivity index (χ1n) is 7.62. The molecule has 0 aliphatic heterocycles. The fourth-order valence-corrected chi connectivity index (χ4v) is 2.73. The molecule has 0 saturated carbocycles. The number of carbonyl (C=O) groups is 1. The molecule has 1 aromatic heterocycles. The van der Waals surface area contributed by atoms with Gasteiger partial charge in [-0.25, -0.2) is 10.2 Å². The fraction of sp³-hybridized carbons (Fsp3) is 0. The van der Waals surface area contributed by atoms with Gasteiger partial charge < -0.3 is 10.1 Å². The largest absolute Gasteiger partial charge is 0.505 e. The van der Waals surface area contributed by atoms with Crippen LogP contribution in [0.2, 0.25) is 10.0 Å². The van der Waals surface area contributed by atoms with E-state index in [4.69, 9.17) is 23.2 Å². The Balaban J connectivity index is 1.79. The molecule has 1 heterocycles. The molecule has 0 unspecified atom stereocenters. The van der Waals surface area contributed by atoms with E-state index in [0.717, 1.165) is 0 Å². The highest BCUT2D eigenvalue weighted by Gasteiger charge is 2.10. The van der Waals surface area contributed by atoms with E-state index < -0.39 is 11.6 Å². The van der Waals surface area contributed by atoms with Gasteiger partial charge in [0.15, 0.2) is 5.75 Å². The second kappa shape index (κ2) is 8.03. The Bertz CT molecular complexity index is 1060. The lowest BCUT2D eigenvalue weighted by Gasteiger charge is -2.04. The Hall–Kier alpha value is -3.16. The van der Waals surface area contributed by atoms with Crippen LogP contribution in [0.15, 0.2) is 58.4 Å². The summed E-state index contributed by atoms with van der Waals surface area (Å²) >= 11 is 11.6. The van der Waals surface area contributed by atoms with Gasteiger partial charge in [0.1, 0.15) is 5.69 Å². The van der Waals surface area contributed by atoms with Crippen molar-refractivity contribution in [3.8, 4) is 17.0 Å². The van der Waals surface area contributed by atoms with Gasteiger partial charge in [0.2, 0.25) is 0 Å². The maximum Gasteiger partial charge on any atom is 0.346 e. The van der Waals surface area contributed by atoms with Crippen LogP contribution in [0.3, 0.4) is 0 Å². The fourth-order valence-electron chi connectivity index (χ4n) is 2.22. The number of H-pyrrole nitrogens is 1. The van der Waals surface area contributed by atoms with Crippen molar-refractivity contribution in [1.29, 1.82) is 0 Å². The molecule has 0 fully saturated rings. The normalized spacial score (nSPS) is 10.9. The van der Waals surface area contributed by atoms with Crippen LogP contribution >= 0.6 is 23.2 Å². The van der Waals surface area contributed by atoms with E-state index in [-0.39, 0.29) is 21.5 Å². The molecule has 1 amide bonds. The summed E-state index contributed by atoms with van der Waals surface area (Å²) in [5.41, 5.74) is 3.19. The summed E-state index contributed by atoms with van der Waals surface area (Å²) < 4.78 is 0. The standard InChI is InChI=1S/C18H12Cl2N4O3/c19-12-6-10(7-13(20)16(12)25)9-21-24-17(26)15-8-14(22-18(27)23-15)11-4-2-1-3-5-11/h1-9,25H,(H,24,26)(H,22,23,27)/b21-9+. The van der Waals surface area contributed by atoms with Gasteiger partial charge in [-0.1, -0.05) is 53.5 Å². The maximum absolute atomic E-state index is 12.2. The third-order valence-corrected chi connectivity index (χ3v) is 4.05. The van der Waals surface area contributed by atoms with Crippen molar-refractivity contribution in [2.75, 3.05) is 0 Å². The second-order valence-electron chi connectivity index (χ2n) is 5.38. The third kappa shape index (κ3) is 4.52. The number of hydrazone groups is 1. The first-order valence-corrected chi connectivity index (χ1v) is 8.38. The van der Waals surface area contributed by atoms with Crippen LogP contribution in [0.1, 0.15) is 16.1 Å². The van der Waals surface area contributed by atoms with E-state index in [1.54, 1.807) is 24.3 Å². The first-order chi connectivity index (χ1) is 12.9. The summed E-state index contributed by atoms with van der Waals surface area (Å²) in [7, 11) is 0. The number of amides is 1. The Morgan fingerprint density at radius 2 is 1.81 bits per heavy atom. The van der Waals surface area contributed by atoms with Crippen molar-refractivity contribution >= 4 is 35.3 Å². The molecule has 2 aromatic carbocycles. The molecule has 3 rings (SSSR count). The SMILES string of the molecule is O=C(N/N=C/c1cc(Cl)c(O)c(Cl)c1)c1cc(-c2ccccc2)nc(=O)[nH]1. The van der Waals surface area contributed by atoms with Gasteiger partial charge >= 0.3 is 5.69 Å². The molecule has 0 radical (unpaired) electrons. The van der Waals surface area contributed by atoms with E-state index in [1.165, 1.54) is 24.4 Å². The summed E-state index contributed by atoms with van der Waals surface area (Å²) in [5, 5.41) is 13.4. The minimum atomic E-state index is -0.650. The van der Waals surface area contributed by atoms with Gasteiger partial charge in [0.05, 0.1) is 22.0 Å². The van der Waals surface area contributed by atoms with Gasteiger partial charge in [0.25, 0.3) is 5.91 Å². The van der Waals surface area contributed by atoms with Crippen molar-refractivity contribution in [2.45, 2.75) is 0 Å². The number of nitrogens with one attached hydrogen (secondary N) is 2. The third-order valence-electron chi connectivity index (χ3n) is 3.48. The molecule has 0 spiro atoms. The van der Waals surface area contributed by atoms with Gasteiger partial charge in [0, 0.05) is 5.56 Å². The average molecular weight is 403 g/mol. The monoisotopic (exact) mass is 402 g/mol. The lowest BCUT2D eigenvalue weighted by Crippen LogP contribution is -2.24. The van der Waals surface area contributed by atoms with Gasteiger partial charge in [-0.05, 0) is 23.8 Å². The number of carbonyl (C=O) groups excluding carboxylic acids is 1. The molecule has 9 heteroatoms. The summed E-state index contributed by atoms with van der Waals surface area (Å²) in [6, 6.07) is 13.3. The molecule has 3 aromatic rings. The molecule has 0 aliphatic carbocycles. The minimum absolute atomic E-state index is 0.00720. The van der Waals surface area contributed by atoms with E-state index in [0.29, 0.717) is 16.8 Å². The zero-order valence-electron chi connectivity index (χ0n) is 13.6. The van der Waals surface area contributed by atoms with Crippen molar-refractivity contribution in [3.63, 3.8) is 0 Å². The van der Waals surface area contributed by atoms with Crippen LogP contribution in [0.5, 0.6) is 5.75 Å². The molecular weight excluding hydrogens is 391 g/mol. The first kappa shape index (κ1) is 18.6. The molecule has 27 heavy (non-hydrogen) atoms. The van der Waals surface area contributed by atoms with Crippen molar-refractivity contribution in [3.05, 3.63) is 80.3 Å². The predicted octanol–water partition coefficient (Wildman–Crippen LogP) is 3.21. The Morgan fingerprint density at radius 3 is 2.48 bits per heavy atom. The van der Waals surface area contributed by atoms with Gasteiger partial charge in [-0.15, -0.1) is 0 Å². The van der Waals surface area contributed by atoms with Crippen molar-refractivity contribution in [2.24, 2.45) is 5.10 Å². The van der Waals surface area contributed by atoms with E-state index in [2.05, 4.69) is 20.5 Å². The maximum atomic E-state index is 12.2. The molecule has 0 atom stereocenters. The zero-order valence-corrected chi connectivity index (χ0v) is 15.1. The van der Waals surface area contributed by atoms with Gasteiger partial charge in [-0.2, -0.15) is 10.1 Å². The summed E-state index contributed by atoms with van der Waals surface area (Å²) in [6.45, 7) is 0. The van der Waals surface area contributed by atoms with Crippen LogP contribution in [-0.2, 0) is 0 Å². The number of aromatic hydroxyl groups is 1. The smallest absolute Gasteiger partial charge is 0.346 e. The Morgan fingerprint density at radius 1 is 1.15 bits per heavy atom. The number of aromatic nitrogens is 2. The highest BCUT2D eigenvalue weighted by molar-refractivity contribution is 6.37. The lowest BCUT2D eigenvalue weighted by molar-refractivity contribution is 0.0949. The number of halogens is 2. The zero-order chi connectivity index (χ0) is 19.4. The molecule has 0 aliphatic rings. The minimum Gasteiger partial charge on any atom is -0.505 e. The number of benzene rings is 2. The number of phenolic OH excluding ortho intramolecular Hbond substituents is 1. The number of rotatable bonds is 4. The number of phenols is 1. The molecule has 136 valence electrons. The summed E-state index contributed by atoms with van der Waals surface area (Å²) in [5.74, 6) is -0.860. The van der Waals surface area contributed by atoms with E-state index in [9.17, 15) is 14.7 Å². The van der Waals surface area contributed by atoms with Gasteiger partial charge in [-0.3, -0.25) is 4.79 Å². The van der Waals surface area contributed by atoms with Crippen LogP contribution in [0.4, 0.5) is 0 Å². The highest BCUT2D eigenvalue weighted by atomic mass is 35.5. The average Bonchev–Trinajstić information content (AvgIpc) is 2.66. The van der Waals surface area contributed by atoms with Crippen LogP contribution in [0.25, 0.3) is 11.3 Å². The number of nitrogens with zero attached hydrogens (tertiary/aromatic N) is 2. The quantitative estimate of drug-likeness (QED) is 0.459. The second-order valence-corrected chi connectivity index (χ2v) is 6.20. The van der Waals surface area contributed by atoms with Crippen molar-refractivity contribution in [1.82, 2.24) is 15.4 Å². The van der Waals surface area contributed by atoms with E-state index >= 15 is 0 Å². The predicted molar refractivity (Wildman–Crippen MR) is 103 cm³/mol. The topological polar surface area (TPSA) is 107 Å². The molecular formula is C18H12Cl2N4O3. The number of hydrogen-bond acceptors (Lipinski definition) is 5. The summed E-state index contributed by atoms with van der Waals surface area (Å²) in [6.07, 6.45) is 1.30. The number of hydrogen-bond donors (Lipinski definition) is 3. The molecule has 3 N–H and O–H groups in total. The Kier molecular flexibility index (Phi) is 5.54. The van der Waals surface area contributed by atoms with Crippen LogP contribution in [0, 0.1) is 0 Å². The Labute approximate surface area is 163 Å². The van der Waals surface area contributed by atoms with E-state index in [1.807, 2.05) is 6.07 Å².